The van der Waals surface area contributed by atoms with Gasteiger partial charge in [-0.1, -0.05) is 30.3 Å². The molecule has 2 aromatic rings. The number of aromatic nitrogens is 2. The van der Waals surface area contributed by atoms with Crippen molar-refractivity contribution in [1.82, 2.24) is 9.97 Å². The van der Waals surface area contributed by atoms with E-state index < -0.39 is 5.97 Å². The molecule has 18 heavy (non-hydrogen) atoms. The molecule has 0 spiro atoms. The number of aryl methyl sites for hydroxylation is 1. The third-order valence-corrected chi connectivity index (χ3v) is 2.49. The second kappa shape index (κ2) is 6.81. The van der Waals surface area contributed by atoms with Gasteiger partial charge >= 0.3 is 5.97 Å². The Labute approximate surface area is 111 Å². The van der Waals surface area contributed by atoms with E-state index in [1.54, 1.807) is 6.20 Å². The van der Waals surface area contributed by atoms with Crippen molar-refractivity contribution in [2.24, 2.45) is 0 Å². The summed E-state index contributed by atoms with van der Waals surface area (Å²) in [5.41, 5.74) is 2.22. The molecule has 96 valence electrons. The lowest BCUT2D eigenvalue weighted by Gasteiger charge is -1.97. The first-order chi connectivity index (χ1) is 8.24. The zero-order valence-corrected chi connectivity index (χ0v) is 10.6. The molecule has 1 heterocycles. The number of nitrogens with one attached hydrogen (secondary N) is 1. The second-order valence-electron chi connectivity index (χ2n) is 3.91. The summed E-state index contributed by atoms with van der Waals surface area (Å²) < 4.78 is 0. The van der Waals surface area contributed by atoms with Gasteiger partial charge in [-0.15, -0.1) is 12.4 Å². The van der Waals surface area contributed by atoms with E-state index in [4.69, 9.17) is 5.11 Å². The predicted molar refractivity (Wildman–Crippen MR) is 71.0 cm³/mol. The number of H-pyrrole nitrogens is 1. The average molecular weight is 267 g/mol. The Morgan fingerprint density at radius 2 is 2.00 bits per heavy atom. The fourth-order valence-corrected chi connectivity index (χ4v) is 1.66. The van der Waals surface area contributed by atoms with E-state index in [2.05, 4.69) is 22.1 Å². The molecular formula is C13H15ClN2O2. The standard InChI is InChI=1S/C13H14N2O2.ClH/c16-13(17)7-6-12-14-9-11(15-12)8-10-4-2-1-3-5-10;/h1-5,9H,6-8H2,(H,14,15)(H,16,17);1H. The summed E-state index contributed by atoms with van der Waals surface area (Å²) in [6.45, 7) is 0. The predicted octanol–water partition coefficient (Wildman–Crippen LogP) is 2.44. The first-order valence-corrected chi connectivity index (χ1v) is 5.52. The van der Waals surface area contributed by atoms with Gasteiger partial charge in [-0.3, -0.25) is 4.79 Å². The van der Waals surface area contributed by atoms with Crippen molar-refractivity contribution in [2.45, 2.75) is 19.3 Å². The number of aromatic amines is 1. The van der Waals surface area contributed by atoms with Crippen LogP contribution < -0.4 is 0 Å². The number of hydrogen-bond donors (Lipinski definition) is 2. The van der Waals surface area contributed by atoms with Gasteiger partial charge in [0.2, 0.25) is 0 Å². The number of halogens is 1. The molecule has 0 saturated heterocycles. The summed E-state index contributed by atoms with van der Waals surface area (Å²) in [6.07, 6.45) is 3.12. The van der Waals surface area contributed by atoms with E-state index in [0.717, 1.165) is 17.9 Å². The maximum absolute atomic E-state index is 10.4. The summed E-state index contributed by atoms with van der Waals surface area (Å²) in [4.78, 5) is 17.7. The molecule has 0 radical (unpaired) electrons. The Morgan fingerprint density at radius 1 is 1.28 bits per heavy atom. The van der Waals surface area contributed by atoms with Crippen LogP contribution in [0.1, 0.15) is 23.5 Å². The molecule has 0 aliphatic carbocycles. The van der Waals surface area contributed by atoms with Crippen molar-refractivity contribution in [3.05, 3.63) is 53.6 Å². The first-order valence-electron chi connectivity index (χ1n) is 5.52. The highest BCUT2D eigenvalue weighted by Gasteiger charge is 2.04. The van der Waals surface area contributed by atoms with Crippen LogP contribution in [0.3, 0.4) is 0 Å². The van der Waals surface area contributed by atoms with Crippen LogP contribution in [0.15, 0.2) is 36.5 Å². The largest absolute Gasteiger partial charge is 0.481 e. The van der Waals surface area contributed by atoms with E-state index in [1.165, 1.54) is 5.56 Å². The van der Waals surface area contributed by atoms with Crippen molar-refractivity contribution in [3.63, 3.8) is 0 Å². The molecule has 0 fully saturated rings. The number of aliphatic carboxylic acids is 1. The highest BCUT2D eigenvalue weighted by molar-refractivity contribution is 5.85. The maximum Gasteiger partial charge on any atom is 0.303 e. The van der Waals surface area contributed by atoms with E-state index in [-0.39, 0.29) is 18.8 Å². The molecule has 0 atom stereocenters. The number of rotatable bonds is 5. The number of carboxylic acids is 1. The van der Waals surface area contributed by atoms with Gasteiger partial charge in [-0.2, -0.15) is 0 Å². The van der Waals surface area contributed by atoms with Gasteiger partial charge in [-0.05, 0) is 5.56 Å². The minimum Gasteiger partial charge on any atom is -0.481 e. The quantitative estimate of drug-likeness (QED) is 0.874. The Balaban J connectivity index is 0.00000162. The lowest BCUT2D eigenvalue weighted by Crippen LogP contribution is -1.99. The number of nitrogens with zero attached hydrogens (tertiary/aromatic N) is 1. The van der Waals surface area contributed by atoms with Crippen molar-refractivity contribution < 1.29 is 9.90 Å². The number of carboxylic acid groups (broad SMARTS) is 1. The molecule has 0 aliphatic rings. The third kappa shape index (κ3) is 4.22. The van der Waals surface area contributed by atoms with Crippen LogP contribution in [0.4, 0.5) is 0 Å². The molecule has 4 nitrogen and oxygen atoms in total. The van der Waals surface area contributed by atoms with E-state index in [9.17, 15) is 4.79 Å². The van der Waals surface area contributed by atoms with Crippen molar-refractivity contribution in [2.75, 3.05) is 0 Å². The number of carbonyl (C=O) groups is 1. The summed E-state index contributed by atoms with van der Waals surface area (Å²) in [5, 5.41) is 8.58. The summed E-state index contributed by atoms with van der Waals surface area (Å²) in [6, 6.07) is 10.1. The molecule has 0 unspecified atom stereocenters. The Hall–Kier alpha value is -1.81. The summed E-state index contributed by atoms with van der Waals surface area (Å²) in [5.74, 6) is -0.0654. The monoisotopic (exact) mass is 266 g/mol. The first kappa shape index (κ1) is 14.3. The van der Waals surface area contributed by atoms with Crippen LogP contribution in [0.25, 0.3) is 0 Å². The van der Waals surface area contributed by atoms with Crippen LogP contribution >= 0.6 is 12.4 Å². The van der Waals surface area contributed by atoms with Gasteiger partial charge in [0.1, 0.15) is 5.82 Å². The molecule has 0 saturated carbocycles. The van der Waals surface area contributed by atoms with Crippen molar-refractivity contribution >= 4 is 18.4 Å². The van der Waals surface area contributed by atoms with Crippen LogP contribution in [-0.2, 0) is 17.6 Å². The zero-order valence-electron chi connectivity index (χ0n) is 9.80. The number of hydrogen-bond acceptors (Lipinski definition) is 2. The molecule has 0 aliphatic heterocycles. The van der Waals surface area contributed by atoms with Gasteiger partial charge < -0.3 is 10.1 Å². The fraction of sp³-hybridized carbons (Fsp3) is 0.231. The SMILES string of the molecule is Cl.O=C(O)CCc1ncc(Cc2ccccc2)[nH]1. The molecular weight excluding hydrogens is 252 g/mol. The van der Waals surface area contributed by atoms with Gasteiger partial charge in [0.15, 0.2) is 0 Å². The van der Waals surface area contributed by atoms with Gasteiger partial charge in [-0.25, -0.2) is 4.98 Å². The zero-order chi connectivity index (χ0) is 12.1. The Bertz CT molecular complexity index is 497. The highest BCUT2D eigenvalue weighted by Crippen LogP contribution is 2.08. The van der Waals surface area contributed by atoms with Gasteiger partial charge in [0.05, 0.1) is 6.42 Å². The minimum atomic E-state index is -0.800. The molecule has 1 aromatic carbocycles. The maximum atomic E-state index is 10.4. The lowest BCUT2D eigenvalue weighted by atomic mass is 10.1. The minimum absolute atomic E-state index is 0. The smallest absolute Gasteiger partial charge is 0.303 e. The summed E-state index contributed by atoms with van der Waals surface area (Å²) >= 11 is 0. The number of benzene rings is 1. The Kier molecular flexibility index (Phi) is 5.39. The van der Waals surface area contributed by atoms with Crippen molar-refractivity contribution in [1.29, 1.82) is 0 Å². The summed E-state index contributed by atoms with van der Waals surface area (Å²) in [7, 11) is 0. The van der Waals surface area contributed by atoms with E-state index in [1.807, 2.05) is 18.2 Å². The van der Waals surface area contributed by atoms with Crippen molar-refractivity contribution in [3.8, 4) is 0 Å². The molecule has 2 rings (SSSR count). The van der Waals surface area contributed by atoms with Gasteiger partial charge in [0, 0.05) is 24.7 Å². The normalized spacial score (nSPS) is 9.78. The topological polar surface area (TPSA) is 66.0 Å². The molecule has 1 aromatic heterocycles. The van der Waals surface area contributed by atoms with Crippen LogP contribution in [0.5, 0.6) is 0 Å². The van der Waals surface area contributed by atoms with Crippen LogP contribution in [0.2, 0.25) is 0 Å². The Morgan fingerprint density at radius 3 is 2.67 bits per heavy atom. The highest BCUT2D eigenvalue weighted by atomic mass is 35.5. The molecule has 0 amide bonds. The molecule has 2 N–H and O–H groups in total. The third-order valence-electron chi connectivity index (χ3n) is 2.49. The van der Waals surface area contributed by atoms with E-state index >= 15 is 0 Å². The average Bonchev–Trinajstić information content (AvgIpc) is 2.75. The fourth-order valence-electron chi connectivity index (χ4n) is 1.66. The van der Waals surface area contributed by atoms with Crippen LogP contribution in [-0.4, -0.2) is 21.0 Å². The van der Waals surface area contributed by atoms with Gasteiger partial charge in [0.25, 0.3) is 0 Å². The lowest BCUT2D eigenvalue weighted by molar-refractivity contribution is -0.137. The van der Waals surface area contributed by atoms with E-state index in [0.29, 0.717) is 6.42 Å². The number of imidazole rings is 1. The molecule has 0 bridgehead atoms. The second-order valence-corrected chi connectivity index (χ2v) is 3.91. The molecule has 5 heteroatoms. The van der Waals surface area contributed by atoms with Crippen LogP contribution in [0, 0.1) is 0 Å².